The number of hydrogen-bond donors (Lipinski definition) is 0. The van der Waals surface area contributed by atoms with Crippen molar-refractivity contribution in [2.24, 2.45) is 0 Å². The second kappa shape index (κ2) is 5.91. The van der Waals surface area contributed by atoms with Crippen LogP contribution in [0.3, 0.4) is 0 Å². The summed E-state index contributed by atoms with van der Waals surface area (Å²) in [5.41, 5.74) is 0. The van der Waals surface area contributed by atoms with E-state index < -0.39 is 12.8 Å². The van der Waals surface area contributed by atoms with Crippen LogP contribution in [0.2, 0.25) is 0 Å². The van der Waals surface area contributed by atoms with Gasteiger partial charge >= 0.3 is 142 Å². The van der Waals surface area contributed by atoms with Gasteiger partial charge in [0.05, 0.1) is 0 Å². The summed E-state index contributed by atoms with van der Waals surface area (Å²) < 4.78 is 2.92. The summed E-state index contributed by atoms with van der Waals surface area (Å²) in [6.45, 7) is 0. The van der Waals surface area contributed by atoms with Crippen LogP contribution >= 0.6 is 13.9 Å². The fourth-order valence-corrected chi connectivity index (χ4v) is 9.30. The molecule has 4 aromatic carbocycles. The van der Waals surface area contributed by atoms with Gasteiger partial charge in [0.15, 0.2) is 0 Å². The van der Waals surface area contributed by atoms with Gasteiger partial charge in [0.2, 0.25) is 0 Å². The summed E-state index contributed by atoms with van der Waals surface area (Å²) in [6.07, 6.45) is 0. The molecule has 0 aromatic heterocycles. The van der Waals surface area contributed by atoms with E-state index in [-0.39, 0.29) is 0 Å². The van der Waals surface area contributed by atoms with Crippen molar-refractivity contribution in [1.82, 2.24) is 0 Å². The normalized spacial score (nSPS) is 11.4. The van der Waals surface area contributed by atoms with E-state index in [9.17, 15) is 0 Å². The Morgan fingerprint density at radius 2 is 0.909 bits per heavy atom. The molecule has 0 atom stereocenters. The summed E-state index contributed by atoms with van der Waals surface area (Å²) in [5, 5.41) is 5.38. The molecule has 0 saturated carbocycles. The van der Waals surface area contributed by atoms with Crippen molar-refractivity contribution in [2.45, 2.75) is 0 Å². The summed E-state index contributed by atoms with van der Waals surface area (Å²) in [5.74, 6) is 0. The first-order chi connectivity index (χ1) is 10.8. The summed E-state index contributed by atoms with van der Waals surface area (Å²) in [7, 11) is 0. The van der Waals surface area contributed by atoms with E-state index in [0.717, 1.165) is 0 Å². The van der Waals surface area contributed by atoms with Crippen LogP contribution < -0.4 is 8.70 Å². The molecule has 4 rings (SSSR count). The van der Waals surface area contributed by atoms with Crippen LogP contribution in [-0.4, -0.2) is 12.8 Å². The molecule has 0 saturated heterocycles. The SMILES string of the molecule is Br[As](c1cccc2ccccc12)c1cccc2ccccc12. The number of rotatable bonds is 2. The Labute approximate surface area is 141 Å². The van der Waals surface area contributed by atoms with Gasteiger partial charge in [0.25, 0.3) is 0 Å². The van der Waals surface area contributed by atoms with Crippen molar-refractivity contribution in [3.63, 3.8) is 0 Å². The fourth-order valence-electron chi connectivity index (χ4n) is 2.89. The summed E-state index contributed by atoms with van der Waals surface area (Å²) in [6, 6.07) is 30.6. The minimum absolute atomic E-state index is 1.32. The van der Waals surface area contributed by atoms with Crippen molar-refractivity contribution in [3.05, 3.63) is 84.9 Å². The minimum atomic E-state index is -1.49. The Hall–Kier alpha value is -1.56. The van der Waals surface area contributed by atoms with Crippen molar-refractivity contribution in [1.29, 1.82) is 0 Å². The number of hydrogen-bond acceptors (Lipinski definition) is 0. The van der Waals surface area contributed by atoms with Crippen LogP contribution in [0, 0.1) is 0 Å². The summed E-state index contributed by atoms with van der Waals surface area (Å²) >= 11 is 2.60. The zero-order valence-electron chi connectivity index (χ0n) is 11.9. The van der Waals surface area contributed by atoms with Crippen molar-refractivity contribution < 1.29 is 0 Å². The molecule has 0 nitrogen and oxygen atoms in total. The van der Waals surface area contributed by atoms with E-state index in [2.05, 4.69) is 98.9 Å². The van der Waals surface area contributed by atoms with Gasteiger partial charge in [0.1, 0.15) is 0 Å². The maximum absolute atomic E-state index is 4.08. The molecule has 0 bridgehead atoms. The average Bonchev–Trinajstić information content (AvgIpc) is 2.60. The Balaban J connectivity index is 1.94. The molecule has 22 heavy (non-hydrogen) atoms. The van der Waals surface area contributed by atoms with Crippen LogP contribution in [0.25, 0.3) is 21.5 Å². The molecule has 0 N–H and O–H groups in total. The van der Waals surface area contributed by atoms with Crippen molar-refractivity contribution in [2.75, 3.05) is 0 Å². The van der Waals surface area contributed by atoms with Gasteiger partial charge in [-0.15, -0.1) is 0 Å². The second-order valence-electron chi connectivity index (χ2n) is 5.28. The van der Waals surface area contributed by atoms with Gasteiger partial charge in [-0.05, 0) is 0 Å². The molecule has 106 valence electrons. The molecule has 0 aliphatic heterocycles. The molecule has 0 amide bonds. The molecule has 0 spiro atoms. The molecule has 2 heteroatoms. The third-order valence-electron chi connectivity index (χ3n) is 3.96. The van der Waals surface area contributed by atoms with Crippen LogP contribution in [0.1, 0.15) is 0 Å². The molecular formula is C20H14AsBr. The molecule has 0 fully saturated rings. The molecular weight excluding hydrogens is 395 g/mol. The maximum atomic E-state index is 4.08. The van der Waals surface area contributed by atoms with E-state index in [1.807, 2.05) is 0 Å². The first-order valence-corrected chi connectivity index (χ1v) is 13.5. The standard InChI is InChI=1S/C20H14AsBr/c22-21(19-13-5-9-15-7-1-3-11-17(15)19)20-14-6-10-16-8-2-4-12-18(16)20/h1-14H. The monoisotopic (exact) mass is 408 g/mol. The predicted molar refractivity (Wildman–Crippen MR) is 102 cm³/mol. The zero-order chi connectivity index (χ0) is 14.9. The Kier molecular flexibility index (Phi) is 3.78. The zero-order valence-corrected chi connectivity index (χ0v) is 15.4. The third-order valence-corrected chi connectivity index (χ3v) is 11.3. The first kappa shape index (κ1) is 14.1. The van der Waals surface area contributed by atoms with Gasteiger partial charge in [-0.2, -0.15) is 0 Å². The van der Waals surface area contributed by atoms with Gasteiger partial charge in [-0.3, -0.25) is 0 Å². The van der Waals surface area contributed by atoms with E-state index in [1.165, 1.54) is 30.2 Å². The number of fused-ring (bicyclic) bond motifs is 2. The Morgan fingerprint density at radius 3 is 1.41 bits per heavy atom. The van der Waals surface area contributed by atoms with Crippen LogP contribution in [-0.2, 0) is 0 Å². The van der Waals surface area contributed by atoms with Gasteiger partial charge in [-0.25, -0.2) is 0 Å². The van der Waals surface area contributed by atoms with Gasteiger partial charge < -0.3 is 0 Å². The Bertz CT molecular complexity index is 872. The quantitative estimate of drug-likeness (QED) is 0.428. The molecule has 0 radical (unpaired) electrons. The predicted octanol–water partition coefficient (Wildman–Crippen LogP) is 4.49. The van der Waals surface area contributed by atoms with Crippen LogP contribution in [0.15, 0.2) is 84.9 Å². The van der Waals surface area contributed by atoms with Crippen LogP contribution in [0.4, 0.5) is 0 Å². The second-order valence-corrected chi connectivity index (χ2v) is 12.2. The number of benzene rings is 4. The topological polar surface area (TPSA) is 0 Å². The molecule has 0 heterocycles. The molecule has 4 aromatic rings. The van der Waals surface area contributed by atoms with E-state index >= 15 is 0 Å². The summed E-state index contributed by atoms with van der Waals surface area (Å²) in [4.78, 5) is 0. The molecule has 0 aliphatic carbocycles. The van der Waals surface area contributed by atoms with Crippen LogP contribution in [0.5, 0.6) is 0 Å². The molecule has 0 aliphatic rings. The van der Waals surface area contributed by atoms with Crippen molar-refractivity contribution in [3.8, 4) is 0 Å². The van der Waals surface area contributed by atoms with E-state index in [1.54, 1.807) is 0 Å². The van der Waals surface area contributed by atoms with E-state index in [0.29, 0.717) is 0 Å². The third kappa shape index (κ3) is 2.39. The Morgan fingerprint density at radius 1 is 0.500 bits per heavy atom. The fraction of sp³-hybridized carbons (Fsp3) is 0. The van der Waals surface area contributed by atoms with Gasteiger partial charge in [0, 0.05) is 0 Å². The molecule has 0 unspecified atom stereocenters. The van der Waals surface area contributed by atoms with Gasteiger partial charge in [-0.1, -0.05) is 0 Å². The van der Waals surface area contributed by atoms with E-state index in [4.69, 9.17) is 0 Å². The number of halogens is 1. The van der Waals surface area contributed by atoms with Crippen molar-refractivity contribution >= 4 is 57.0 Å². The average molecular weight is 409 g/mol. The first-order valence-electron chi connectivity index (χ1n) is 7.26.